The van der Waals surface area contributed by atoms with Gasteiger partial charge in [0, 0.05) is 19.5 Å². The van der Waals surface area contributed by atoms with E-state index in [1.54, 1.807) is 0 Å². The van der Waals surface area contributed by atoms with Crippen LogP contribution in [0.25, 0.3) is 0 Å². The number of methoxy groups -OCH3 is 1. The minimum atomic E-state index is -1.18. The van der Waals surface area contributed by atoms with Crippen molar-refractivity contribution < 1.29 is 24.2 Å². The van der Waals surface area contributed by atoms with Gasteiger partial charge in [0.25, 0.3) is 0 Å². The maximum absolute atomic E-state index is 12.0. The van der Waals surface area contributed by atoms with Crippen molar-refractivity contribution in [3.05, 3.63) is 0 Å². The molecule has 0 bridgehead atoms. The summed E-state index contributed by atoms with van der Waals surface area (Å²) in [5, 5.41) is 11.3. The molecule has 1 aliphatic heterocycles. The van der Waals surface area contributed by atoms with E-state index in [0.29, 0.717) is 19.4 Å². The Balaban J connectivity index is 2.60. The van der Waals surface area contributed by atoms with Crippen molar-refractivity contribution in [2.45, 2.75) is 25.3 Å². The molecule has 2 atom stereocenters. The molecule has 0 aromatic carbocycles. The lowest BCUT2D eigenvalue weighted by molar-refractivity contribution is -0.147. The van der Waals surface area contributed by atoms with Crippen LogP contribution in [0, 0.1) is 18.3 Å². The third-order valence-electron chi connectivity index (χ3n) is 3.16. The molecule has 1 saturated heterocycles. The second kappa shape index (κ2) is 7.38. The molecule has 0 spiro atoms. The van der Waals surface area contributed by atoms with Crippen molar-refractivity contribution >= 4 is 18.0 Å². The number of aliphatic carboxylic acids is 1. The number of carbonyl (C=O) groups excluding carboxylic acids is 2. The van der Waals surface area contributed by atoms with Gasteiger partial charge in [-0.2, -0.15) is 0 Å². The van der Waals surface area contributed by atoms with E-state index in [2.05, 4.69) is 16.0 Å². The summed E-state index contributed by atoms with van der Waals surface area (Å²) in [4.78, 5) is 35.8. The van der Waals surface area contributed by atoms with Gasteiger partial charge in [-0.3, -0.25) is 4.79 Å². The SMILES string of the molecule is C#CCC(NC(=O)N1CCCC(C(=O)OC)C1)C(=O)O. The Morgan fingerprint density at radius 1 is 1.55 bits per heavy atom. The van der Waals surface area contributed by atoms with Crippen LogP contribution >= 0.6 is 0 Å². The highest BCUT2D eigenvalue weighted by atomic mass is 16.5. The molecule has 1 rings (SSSR count). The fraction of sp³-hybridized carbons (Fsp3) is 0.615. The third kappa shape index (κ3) is 4.16. The fourth-order valence-corrected chi connectivity index (χ4v) is 2.08. The van der Waals surface area contributed by atoms with Crippen molar-refractivity contribution in [3.8, 4) is 12.3 Å². The molecule has 0 aromatic rings. The van der Waals surface area contributed by atoms with Crippen LogP contribution in [0.15, 0.2) is 0 Å². The largest absolute Gasteiger partial charge is 0.480 e. The number of terminal acetylenes is 1. The van der Waals surface area contributed by atoms with Gasteiger partial charge in [0.15, 0.2) is 0 Å². The molecule has 2 unspecified atom stereocenters. The van der Waals surface area contributed by atoms with Crippen LogP contribution in [-0.4, -0.2) is 54.2 Å². The molecule has 20 heavy (non-hydrogen) atoms. The molecule has 0 saturated carbocycles. The zero-order chi connectivity index (χ0) is 15.1. The van der Waals surface area contributed by atoms with Crippen LogP contribution in [-0.2, 0) is 14.3 Å². The van der Waals surface area contributed by atoms with Crippen molar-refractivity contribution in [1.82, 2.24) is 10.2 Å². The van der Waals surface area contributed by atoms with Gasteiger partial charge in [-0.25, -0.2) is 9.59 Å². The topological polar surface area (TPSA) is 95.9 Å². The van der Waals surface area contributed by atoms with Crippen LogP contribution < -0.4 is 5.32 Å². The summed E-state index contributed by atoms with van der Waals surface area (Å²) in [5.41, 5.74) is 0. The lowest BCUT2D eigenvalue weighted by Gasteiger charge is -2.32. The Bertz CT molecular complexity index is 429. The van der Waals surface area contributed by atoms with Crippen molar-refractivity contribution in [3.63, 3.8) is 0 Å². The number of esters is 1. The Hall–Kier alpha value is -2.23. The average Bonchev–Trinajstić information content (AvgIpc) is 2.45. The van der Waals surface area contributed by atoms with Gasteiger partial charge in [0.05, 0.1) is 13.0 Å². The monoisotopic (exact) mass is 282 g/mol. The number of likely N-dealkylation sites (tertiary alicyclic amines) is 1. The number of hydrogen-bond donors (Lipinski definition) is 2. The van der Waals surface area contributed by atoms with Crippen LogP contribution in [0.3, 0.4) is 0 Å². The molecule has 0 radical (unpaired) electrons. The summed E-state index contributed by atoms with van der Waals surface area (Å²) in [6.07, 6.45) is 6.30. The molecular weight excluding hydrogens is 264 g/mol. The number of rotatable bonds is 4. The first kappa shape index (κ1) is 15.8. The molecule has 0 aliphatic carbocycles. The van der Waals surface area contributed by atoms with E-state index in [0.717, 1.165) is 0 Å². The summed E-state index contributed by atoms with van der Waals surface area (Å²) in [7, 11) is 1.30. The highest BCUT2D eigenvalue weighted by molar-refractivity contribution is 5.83. The summed E-state index contributed by atoms with van der Waals surface area (Å²) in [5.74, 6) is 0.297. The summed E-state index contributed by atoms with van der Waals surface area (Å²) in [6.45, 7) is 0.697. The van der Waals surface area contributed by atoms with Crippen LogP contribution in [0.4, 0.5) is 4.79 Å². The summed E-state index contributed by atoms with van der Waals surface area (Å²) < 4.78 is 4.66. The minimum absolute atomic E-state index is 0.0880. The van der Waals surface area contributed by atoms with Gasteiger partial charge in [-0.1, -0.05) is 0 Å². The number of carbonyl (C=O) groups is 3. The van der Waals surface area contributed by atoms with E-state index >= 15 is 0 Å². The molecule has 1 aliphatic rings. The van der Waals surface area contributed by atoms with E-state index < -0.39 is 18.0 Å². The first-order valence-corrected chi connectivity index (χ1v) is 6.29. The molecule has 2 amide bonds. The van der Waals surface area contributed by atoms with E-state index in [1.807, 2.05) is 0 Å². The second-order valence-corrected chi connectivity index (χ2v) is 4.56. The smallest absolute Gasteiger partial charge is 0.327 e. The van der Waals surface area contributed by atoms with E-state index in [-0.39, 0.29) is 24.9 Å². The van der Waals surface area contributed by atoms with Gasteiger partial charge >= 0.3 is 18.0 Å². The van der Waals surface area contributed by atoms with Crippen molar-refractivity contribution in [1.29, 1.82) is 0 Å². The highest BCUT2D eigenvalue weighted by Crippen LogP contribution is 2.17. The van der Waals surface area contributed by atoms with Gasteiger partial charge in [-0.05, 0) is 12.8 Å². The molecule has 7 nitrogen and oxygen atoms in total. The number of amides is 2. The van der Waals surface area contributed by atoms with Gasteiger partial charge in [-0.15, -0.1) is 12.3 Å². The highest BCUT2D eigenvalue weighted by Gasteiger charge is 2.30. The number of ether oxygens (including phenoxy) is 1. The van der Waals surface area contributed by atoms with Crippen molar-refractivity contribution in [2.24, 2.45) is 5.92 Å². The maximum atomic E-state index is 12.0. The first-order chi connectivity index (χ1) is 9.49. The standard InChI is InChI=1S/C13H18N2O5/c1-3-5-10(11(16)17)14-13(19)15-7-4-6-9(8-15)12(18)20-2/h1,9-10H,4-8H2,2H3,(H,14,19)(H,16,17). The number of piperidine rings is 1. The molecule has 1 heterocycles. The number of urea groups is 1. The summed E-state index contributed by atoms with van der Waals surface area (Å²) >= 11 is 0. The fourth-order valence-electron chi connectivity index (χ4n) is 2.08. The quantitative estimate of drug-likeness (QED) is 0.561. The molecule has 2 N–H and O–H groups in total. The third-order valence-corrected chi connectivity index (χ3v) is 3.16. The Morgan fingerprint density at radius 2 is 2.25 bits per heavy atom. The molecule has 1 fully saturated rings. The zero-order valence-electron chi connectivity index (χ0n) is 11.3. The van der Waals surface area contributed by atoms with E-state index in [4.69, 9.17) is 11.5 Å². The second-order valence-electron chi connectivity index (χ2n) is 4.56. The first-order valence-electron chi connectivity index (χ1n) is 6.29. The van der Waals surface area contributed by atoms with Crippen LogP contribution in [0.5, 0.6) is 0 Å². The zero-order valence-corrected chi connectivity index (χ0v) is 11.3. The molecular formula is C13H18N2O5. The number of nitrogens with one attached hydrogen (secondary N) is 1. The number of carboxylic acid groups (broad SMARTS) is 1. The normalized spacial score (nSPS) is 19.6. The predicted octanol–water partition coefficient (Wildman–Crippen LogP) is 0.0575. The average molecular weight is 282 g/mol. The maximum Gasteiger partial charge on any atom is 0.327 e. The van der Waals surface area contributed by atoms with E-state index in [1.165, 1.54) is 12.0 Å². The molecule has 110 valence electrons. The van der Waals surface area contributed by atoms with Crippen LogP contribution in [0.1, 0.15) is 19.3 Å². The Morgan fingerprint density at radius 3 is 2.80 bits per heavy atom. The number of hydrogen-bond acceptors (Lipinski definition) is 4. The Labute approximate surface area is 117 Å². The van der Waals surface area contributed by atoms with E-state index in [9.17, 15) is 14.4 Å². The van der Waals surface area contributed by atoms with Crippen molar-refractivity contribution in [2.75, 3.05) is 20.2 Å². The van der Waals surface area contributed by atoms with Gasteiger partial charge < -0.3 is 20.1 Å². The van der Waals surface area contributed by atoms with Gasteiger partial charge in [0.1, 0.15) is 6.04 Å². The summed E-state index contributed by atoms with van der Waals surface area (Å²) in [6, 6.07) is -1.65. The number of carboxylic acids is 1. The molecule has 0 aromatic heterocycles. The number of nitrogens with zero attached hydrogens (tertiary/aromatic N) is 1. The lowest BCUT2D eigenvalue weighted by Crippen LogP contribution is -2.51. The van der Waals surface area contributed by atoms with Crippen LogP contribution in [0.2, 0.25) is 0 Å². The lowest BCUT2D eigenvalue weighted by atomic mass is 9.98. The van der Waals surface area contributed by atoms with Gasteiger partial charge in [0.2, 0.25) is 0 Å². The molecule has 7 heteroatoms. The Kier molecular flexibility index (Phi) is 5.84. The predicted molar refractivity (Wildman–Crippen MR) is 69.7 cm³/mol. The minimum Gasteiger partial charge on any atom is -0.480 e.